The first-order valence-electron chi connectivity index (χ1n) is 5.94. The van der Waals surface area contributed by atoms with Gasteiger partial charge in [-0.05, 0) is 18.1 Å². The van der Waals surface area contributed by atoms with E-state index in [0.29, 0.717) is 13.0 Å². The van der Waals surface area contributed by atoms with Gasteiger partial charge in [0.1, 0.15) is 6.04 Å². The van der Waals surface area contributed by atoms with Gasteiger partial charge in [-0.1, -0.05) is 41.1 Å². The van der Waals surface area contributed by atoms with Gasteiger partial charge < -0.3 is 15.3 Å². The predicted octanol–water partition coefficient (Wildman–Crippen LogP) is 2.45. The number of benzene rings is 1. The third-order valence-electron chi connectivity index (χ3n) is 2.85. The van der Waals surface area contributed by atoms with Gasteiger partial charge in [-0.3, -0.25) is 0 Å². The summed E-state index contributed by atoms with van der Waals surface area (Å²) < 4.78 is 0.906. The van der Waals surface area contributed by atoms with E-state index in [0.717, 1.165) is 10.0 Å². The topological polar surface area (TPSA) is 69.6 Å². The number of carbonyl (C=O) groups is 2. The van der Waals surface area contributed by atoms with Gasteiger partial charge in [0.2, 0.25) is 0 Å². The van der Waals surface area contributed by atoms with Crippen molar-refractivity contribution >= 4 is 27.9 Å². The molecule has 0 spiro atoms. The van der Waals surface area contributed by atoms with Crippen LogP contribution in [0.1, 0.15) is 18.9 Å². The van der Waals surface area contributed by atoms with Gasteiger partial charge in [-0.15, -0.1) is 0 Å². The molecule has 1 unspecified atom stereocenters. The molecule has 1 rings (SSSR count). The molecule has 0 aliphatic rings. The van der Waals surface area contributed by atoms with Gasteiger partial charge in [-0.25, -0.2) is 9.59 Å². The number of likely N-dealkylation sites (N-methyl/N-ethyl adjacent to an activating group) is 1. The Balaban J connectivity index is 2.60. The number of nitrogens with zero attached hydrogens (tertiary/aromatic N) is 1. The number of carboxylic acid groups (broad SMARTS) is 1. The average molecular weight is 329 g/mol. The molecule has 19 heavy (non-hydrogen) atoms. The minimum atomic E-state index is -0.999. The highest BCUT2D eigenvalue weighted by molar-refractivity contribution is 9.10. The third-order valence-corrected chi connectivity index (χ3v) is 3.62. The summed E-state index contributed by atoms with van der Waals surface area (Å²) in [6, 6.07) is 6.33. The van der Waals surface area contributed by atoms with Crippen molar-refractivity contribution in [2.45, 2.75) is 25.9 Å². The van der Waals surface area contributed by atoms with Crippen LogP contribution in [-0.2, 0) is 11.3 Å². The molecule has 0 aliphatic heterocycles. The lowest BCUT2D eigenvalue weighted by molar-refractivity contribution is -0.141. The summed E-state index contributed by atoms with van der Waals surface area (Å²) in [4.78, 5) is 24.1. The van der Waals surface area contributed by atoms with E-state index in [1.54, 1.807) is 6.92 Å². The Morgan fingerprint density at radius 3 is 2.58 bits per heavy atom. The Bertz CT molecular complexity index is 465. The zero-order valence-electron chi connectivity index (χ0n) is 10.9. The monoisotopic (exact) mass is 328 g/mol. The number of aliphatic carboxylic acids is 1. The second-order valence-electron chi connectivity index (χ2n) is 4.12. The lowest BCUT2D eigenvalue weighted by atomic mass is 10.2. The molecule has 0 aromatic heterocycles. The zero-order valence-corrected chi connectivity index (χ0v) is 12.5. The molecular formula is C13H17BrN2O3. The fraction of sp³-hybridized carbons (Fsp3) is 0.385. The maximum atomic E-state index is 11.9. The van der Waals surface area contributed by atoms with Gasteiger partial charge in [0, 0.05) is 18.1 Å². The molecular weight excluding hydrogens is 312 g/mol. The van der Waals surface area contributed by atoms with Crippen LogP contribution in [0.3, 0.4) is 0 Å². The Labute approximate surface area is 120 Å². The van der Waals surface area contributed by atoms with E-state index in [4.69, 9.17) is 5.11 Å². The summed E-state index contributed by atoms with van der Waals surface area (Å²) in [5, 5.41) is 11.7. The van der Waals surface area contributed by atoms with Crippen molar-refractivity contribution in [2.24, 2.45) is 0 Å². The molecule has 0 aliphatic carbocycles. The van der Waals surface area contributed by atoms with Crippen LogP contribution in [0.2, 0.25) is 0 Å². The standard InChI is InChI=1S/C13H17BrN2O3/c1-3-11(12(17)18)16(2)13(19)15-8-9-6-4-5-7-10(9)14/h4-7,11H,3,8H2,1-2H3,(H,15,19)(H,17,18). The smallest absolute Gasteiger partial charge is 0.326 e. The van der Waals surface area contributed by atoms with Crippen molar-refractivity contribution in [3.05, 3.63) is 34.3 Å². The molecule has 0 saturated carbocycles. The van der Waals surface area contributed by atoms with Gasteiger partial charge in [0.05, 0.1) is 0 Å². The fourth-order valence-electron chi connectivity index (χ4n) is 1.69. The highest BCUT2D eigenvalue weighted by atomic mass is 79.9. The van der Waals surface area contributed by atoms with Gasteiger partial charge >= 0.3 is 12.0 Å². The van der Waals surface area contributed by atoms with Gasteiger partial charge in [0.15, 0.2) is 0 Å². The van der Waals surface area contributed by atoms with Gasteiger partial charge in [-0.2, -0.15) is 0 Å². The number of nitrogens with one attached hydrogen (secondary N) is 1. The third kappa shape index (κ3) is 4.24. The highest BCUT2D eigenvalue weighted by Gasteiger charge is 2.24. The lowest BCUT2D eigenvalue weighted by Crippen LogP contribution is -2.46. The van der Waals surface area contributed by atoms with E-state index in [1.165, 1.54) is 11.9 Å². The van der Waals surface area contributed by atoms with Gasteiger partial charge in [0.25, 0.3) is 0 Å². The number of amides is 2. The van der Waals surface area contributed by atoms with Crippen LogP contribution in [-0.4, -0.2) is 35.1 Å². The quantitative estimate of drug-likeness (QED) is 0.872. The Hall–Kier alpha value is -1.56. The van der Waals surface area contributed by atoms with E-state index in [1.807, 2.05) is 24.3 Å². The molecule has 2 N–H and O–H groups in total. The fourth-order valence-corrected chi connectivity index (χ4v) is 2.12. The van der Waals surface area contributed by atoms with Crippen LogP contribution in [0.15, 0.2) is 28.7 Å². The first-order chi connectivity index (χ1) is 8.97. The Kier molecular flexibility index (Phi) is 5.82. The molecule has 0 bridgehead atoms. The highest BCUT2D eigenvalue weighted by Crippen LogP contribution is 2.15. The minimum Gasteiger partial charge on any atom is -0.480 e. The summed E-state index contributed by atoms with van der Waals surface area (Å²) in [5.74, 6) is -0.999. The molecule has 0 saturated heterocycles. The number of halogens is 1. The second-order valence-corrected chi connectivity index (χ2v) is 4.98. The molecule has 104 valence electrons. The first-order valence-corrected chi connectivity index (χ1v) is 6.73. The Morgan fingerprint density at radius 2 is 2.05 bits per heavy atom. The second kappa shape index (κ2) is 7.13. The van der Waals surface area contributed by atoms with Crippen LogP contribution in [0.4, 0.5) is 4.79 Å². The van der Waals surface area contributed by atoms with E-state index >= 15 is 0 Å². The van der Waals surface area contributed by atoms with Crippen molar-refractivity contribution in [3.8, 4) is 0 Å². The Morgan fingerprint density at radius 1 is 1.42 bits per heavy atom. The number of rotatable bonds is 5. The molecule has 0 heterocycles. The molecule has 0 fully saturated rings. The predicted molar refractivity (Wildman–Crippen MR) is 75.9 cm³/mol. The number of urea groups is 1. The molecule has 0 radical (unpaired) electrons. The van der Waals surface area contributed by atoms with Crippen LogP contribution in [0, 0.1) is 0 Å². The SMILES string of the molecule is CCC(C(=O)O)N(C)C(=O)NCc1ccccc1Br. The van der Waals surface area contributed by atoms with E-state index < -0.39 is 18.0 Å². The van der Waals surface area contributed by atoms with Crippen LogP contribution >= 0.6 is 15.9 Å². The molecule has 1 aromatic rings. The number of carbonyl (C=O) groups excluding carboxylic acids is 1. The minimum absolute atomic E-state index is 0.348. The summed E-state index contributed by atoms with van der Waals surface area (Å²) in [6.07, 6.45) is 0.369. The molecule has 5 nitrogen and oxygen atoms in total. The van der Waals surface area contributed by atoms with Crippen molar-refractivity contribution in [3.63, 3.8) is 0 Å². The maximum Gasteiger partial charge on any atom is 0.326 e. The molecule has 2 amide bonds. The molecule has 1 aromatic carbocycles. The van der Waals surface area contributed by atoms with E-state index in [2.05, 4.69) is 21.2 Å². The largest absolute Gasteiger partial charge is 0.480 e. The summed E-state index contributed by atoms with van der Waals surface area (Å²) in [6.45, 7) is 2.08. The summed E-state index contributed by atoms with van der Waals surface area (Å²) in [5.41, 5.74) is 0.938. The number of hydrogen-bond donors (Lipinski definition) is 2. The van der Waals surface area contributed by atoms with Crippen molar-refractivity contribution in [1.29, 1.82) is 0 Å². The van der Waals surface area contributed by atoms with Crippen molar-refractivity contribution in [2.75, 3.05) is 7.05 Å². The molecule has 1 atom stereocenters. The average Bonchev–Trinajstić information content (AvgIpc) is 2.37. The van der Waals surface area contributed by atoms with E-state index in [-0.39, 0.29) is 0 Å². The lowest BCUT2D eigenvalue weighted by Gasteiger charge is -2.24. The van der Waals surface area contributed by atoms with Crippen LogP contribution in [0.5, 0.6) is 0 Å². The number of hydrogen-bond acceptors (Lipinski definition) is 2. The molecule has 6 heteroatoms. The van der Waals surface area contributed by atoms with Crippen LogP contribution in [0.25, 0.3) is 0 Å². The zero-order chi connectivity index (χ0) is 14.4. The first kappa shape index (κ1) is 15.5. The van der Waals surface area contributed by atoms with Crippen molar-refractivity contribution in [1.82, 2.24) is 10.2 Å². The maximum absolute atomic E-state index is 11.9. The summed E-state index contributed by atoms with van der Waals surface area (Å²) in [7, 11) is 1.48. The summed E-state index contributed by atoms with van der Waals surface area (Å²) >= 11 is 3.39. The van der Waals surface area contributed by atoms with Crippen LogP contribution < -0.4 is 5.32 Å². The van der Waals surface area contributed by atoms with Crippen molar-refractivity contribution < 1.29 is 14.7 Å². The van der Waals surface area contributed by atoms with E-state index in [9.17, 15) is 9.59 Å². The normalized spacial score (nSPS) is 11.7. The number of carboxylic acids is 1.